The highest BCUT2D eigenvalue weighted by Gasteiger charge is 2.33. The quantitative estimate of drug-likeness (QED) is 0.209. The van der Waals surface area contributed by atoms with Crippen LogP contribution in [0.4, 0.5) is 5.69 Å². The van der Waals surface area contributed by atoms with Crippen LogP contribution in [0.25, 0.3) is 17.2 Å². The maximum absolute atomic E-state index is 14.0. The molecule has 5 aromatic rings. The van der Waals surface area contributed by atoms with Crippen LogP contribution in [-0.2, 0) is 9.59 Å². The highest BCUT2D eigenvalue weighted by Crippen LogP contribution is 2.31. The Kier molecular flexibility index (Phi) is 8.27. The Bertz CT molecular complexity index is 1550. The lowest BCUT2D eigenvalue weighted by atomic mass is 10.0. The zero-order chi connectivity index (χ0) is 27.7. The first-order valence-electron chi connectivity index (χ1n) is 13.1. The zero-order valence-corrected chi connectivity index (χ0v) is 22.1. The van der Waals surface area contributed by atoms with Gasteiger partial charge in [0.2, 0.25) is 5.91 Å². The number of hydrogen-bond acceptors (Lipinski definition) is 4. The van der Waals surface area contributed by atoms with Crippen LogP contribution in [0.15, 0.2) is 138 Å². The van der Waals surface area contributed by atoms with E-state index in [1.54, 1.807) is 49.0 Å². The molecule has 198 valence electrons. The molecule has 1 unspecified atom stereocenters. The van der Waals surface area contributed by atoms with Crippen molar-refractivity contribution in [2.45, 2.75) is 19.0 Å². The molecule has 0 radical (unpaired) electrons. The second-order valence-electron chi connectivity index (χ2n) is 9.30. The molecule has 0 fully saturated rings. The Morgan fingerprint density at radius 3 is 2.12 bits per heavy atom. The van der Waals surface area contributed by atoms with Gasteiger partial charge in [0.1, 0.15) is 11.8 Å². The molecular weight excluding hydrogens is 498 g/mol. The minimum Gasteiger partial charge on any atom is -0.465 e. The van der Waals surface area contributed by atoms with Crippen LogP contribution in [0.5, 0.6) is 0 Å². The normalized spacial score (nSPS) is 12.5. The Morgan fingerprint density at radius 1 is 0.800 bits per heavy atom. The van der Waals surface area contributed by atoms with Crippen LogP contribution in [0, 0.1) is 0 Å². The molecule has 2 heterocycles. The minimum atomic E-state index is -0.976. The summed E-state index contributed by atoms with van der Waals surface area (Å²) in [5.74, 6) is -0.163. The molecule has 0 aliphatic rings. The number of amides is 2. The van der Waals surface area contributed by atoms with E-state index in [9.17, 15) is 9.59 Å². The number of furan rings is 1. The number of benzene rings is 3. The molecule has 2 atom stereocenters. The van der Waals surface area contributed by atoms with Crippen molar-refractivity contribution in [2.24, 2.45) is 0 Å². The second kappa shape index (κ2) is 12.5. The summed E-state index contributed by atoms with van der Waals surface area (Å²) < 4.78 is 5.38. The molecular formula is C34H29N3O3. The third-order valence-electron chi connectivity index (χ3n) is 6.59. The van der Waals surface area contributed by atoms with Gasteiger partial charge >= 0.3 is 0 Å². The standard InChI is InChI=1S/C34H29N3O3/c1-25(26-10-4-2-5-11-26)36-34(39)33(29-14-8-22-35-24-29)37(32(38)21-20-31-15-9-23-40-31)30-18-16-28(17-19-30)27-12-6-3-7-13-27/h2-25,33H,1H3,(H,36,39)/b21-20+/t25-,33?/m0/s1. The number of anilines is 1. The van der Waals surface area contributed by atoms with Gasteiger partial charge in [-0.25, -0.2) is 0 Å². The first-order chi connectivity index (χ1) is 19.6. The summed E-state index contributed by atoms with van der Waals surface area (Å²) in [6.07, 6.45) is 7.82. The predicted octanol–water partition coefficient (Wildman–Crippen LogP) is 7.01. The number of rotatable bonds is 9. The molecule has 0 saturated heterocycles. The smallest absolute Gasteiger partial charge is 0.252 e. The molecule has 0 bridgehead atoms. The largest absolute Gasteiger partial charge is 0.465 e. The minimum absolute atomic E-state index is 0.274. The van der Waals surface area contributed by atoms with E-state index in [-0.39, 0.29) is 17.9 Å². The third kappa shape index (κ3) is 6.25. The van der Waals surface area contributed by atoms with Crippen molar-refractivity contribution >= 4 is 23.6 Å². The van der Waals surface area contributed by atoms with Crippen molar-refractivity contribution in [2.75, 3.05) is 4.90 Å². The number of carbonyl (C=O) groups excluding carboxylic acids is 2. The van der Waals surface area contributed by atoms with Gasteiger partial charge in [-0.1, -0.05) is 78.9 Å². The van der Waals surface area contributed by atoms with Gasteiger partial charge in [0.15, 0.2) is 0 Å². The number of carbonyl (C=O) groups is 2. The summed E-state index contributed by atoms with van der Waals surface area (Å²) >= 11 is 0. The van der Waals surface area contributed by atoms with Gasteiger partial charge in [0.05, 0.1) is 12.3 Å². The van der Waals surface area contributed by atoms with Crippen molar-refractivity contribution in [1.29, 1.82) is 0 Å². The van der Waals surface area contributed by atoms with Gasteiger partial charge in [0, 0.05) is 29.7 Å². The fourth-order valence-electron chi connectivity index (χ4n) is 4.54. The lowest BCUT2D eigenvalue weighted by Gasteiger charge is -2.31. The van der Waals surface area contributed by atoms with Crippen molar-refractivity contribution < 1.29 is 14.0 Å². The predicted molar refractivity (Wildman–Crippen MR) is 157 cm³/mol. The molecule has 2 amide bonds. The molecule has 40 heavy (non-hydrogen) atoms. The molecule has 0 aliphatic heterocycles. The molecule has 3 aromatic carbocycles. The topological polar surface area (TPSA) is 75.4 Å². The lowest BCUT2D eigenvalue weighted by molar-refractivity contribution is -0.125. The molecule has 0 spiro atoms. The number of hydrogen-bond donors (Lipinski definition) is 1. The van der Waals surface area contributed by atoms with E-state index in [1.807, 2.05) is 91.9 Å². The Morgan fingerprint density at radius 2 is 1.48 bits per heavy atom. The van der Waals surface area contributed by atoms with Crippen LogP contribution in [0.1, 0.15) is 35.9 Å². The lowest BCUT2D eigenvalue weighted by Crippen LogP contribution is -2.44. The third-order valence-corrected chi connectivity index (χ3v) is 6.59. The number of nitrogens with zero attached hydrogens (tertiary/aromatic N) is 2. The maximum Gasteiger partial charge on any atom is 0.252 e. The SMILES string of the molecule is C[C@H](NC(=O)C(c1cccnc1)N(C(=O)/C=C/c1ccco1)c1ccc(-c2ccccc2)cc1)c1ccccc1. The van der Waals surface area contributed by atoms with Crippen molar-refractivity contribution in [1.82, 2.24) is 10.3 Å². The molecule has 6 heteroatoms. The van der Waals surface area contributed by atoms with Gasteiger partial charge in [0.25, 0.3) is 5.91 Å². The average molecular weight is 528 g/mol. The Hall–Kier alpha value is -5.23. The number of pyridine rings is 1. The van der Waals surface area contributed by atoms with E-state index in [0.717, 1.165) is 16.7 Å². The van der Waals surface area contributed by atoms with Gasteiger partial charge in [-0.2, -0.15) is 0 Å². The zero-order valence-electron chi connectivity index (χ0n) is 22.1. The highest BCUT2D eigenvalue weighted by atomic mass is 16.3. The summed E-state index contributed by atoms with van der Waals surface area (Å²) in [5.41, 5.74) is 4.19. The molecule has 0 aliphatic carbocycles. The van der Waals surface area contributed by atoms with Crippen LogP contribution >= 0.6 is 0 Å². The number of aromatic nitrogens is 1. The first kappa shape index (κ1) is 26.4. The van der Waals surface area contributed by atoms with E-state index in [0.29, 0.717) is 17.0 Å². The van der Waals surface area contributed by atoms with Gasteiger partial charge < -0.3 is 9.73 Å². The maximum atomic E-state index is 14.0. The molecule has 0 saturated carbocycles. The summed E-state index contributed by atoms with van der Waals surface area (Å²) in [5, 5.41) is 3.10. The van der Waals surface area contributed by atoms with Crippen molar-refractivity contribution in [3.8, 4) is 11.1 Å². The average Bonchev–Trinajstić information content (AvgIpc) is 3.54. The van der Waals surface area contributed by atoms with Gasteiger partial charge in [-0.05, 0) is 60.0 Å². The van der Waals surface area contributed by atoms with E-state index in [2.05, 4.69) is 10.3 Å². The second-order valence-corrected chi connectivity index (χ2v) is 9.30. The molecule has 2 aromatic heterocycles. The Balaban J connectivity index is 1.55. The summed E-state index contributed by atoms with van der Waals surface area (Å²) in [4.78, 5) is 33.6. The molecule has 5 rings (SSSR count). The van der Waals surface area contributed by atoms with Gasteiger partial charge in [-0.15, -0.1) is 0 Å². The van der Waals surface area contributed by atoms with Crippen molar-refractivity contribution in [3.63, 3.8) is 0 Å². The van der Waals surface area contributed by atoms with Crippen LogP contribution in [-0.4, -0.2) is 16.8 Å². The van der Waals surface area contributed by atoms with Crippen LogP contribution in [0.3, 0.4) is 0 Å². The summed E-state index contributed by atoms with van der Waals surface area (Å²) in [6.45, 7) is 1.92. The Labute approximate surface area is 233 Å². The fraction of sp³-hybridized carbons (Fsp3) is 0.0882. The summed E-state index contributed by atoms with van der Waals surface area (Å²) in [7, 11) is 0. The van der Waals surface area contributed by atoms with Crippen LogP contribution < -0.4 is 10.2 Å². The van der Waals surface area contributed by atoms with Gasteiger partial charge in [-0.3, -0.25) is 19.5 Å². The summed E-state index contributed by atoms with van der Waals surface area (Å²) in [6, 6.07) is 33.1. The van der Waals surface area contributed by atoms with Crippen LogP contribution in [0.2, 0.25) is 0 Å². The van der Waals surface area contributed by atoms with E-state index in [1.165, 1.54) is 11.0 Å². The van der Waals surface area contributed by atoms with Crippen molar-refractivity contribution in [3.05, 3.63) is 151 Å². The molecule has 6 nitrogen and oxygen atoms in total. The molecule has 1 N–H and O–H groups in total. The van der Waals surface area contributed by atoms with E-state index in [4.69, 9.17) is 4.42 Å². The van der Waals surface area contributed by atoms with E-state index >= 15 is 0 Å². The number of nitrogens with one attached hydrogen (secondary N) is 1. The first-order valence-corrected chi connectivity index (χ1v) is 13.1. The van der Waals surface area contributed by atoms with E-state index < -0.39 is 6.04 Å². The fourth-order valence-corrected chi connectivity index (χ4v) is 4.54. The highest BCUT2D eigenvalue weighted by molar-refractivity contribution is 6.08. The monoisotopic (exact) mass is 527 g/mol.